The van der Waals surface area contributed by atoms with E-state index in [0.717, 1.165) is 17.7 Å². The number of ether oxygens (including phenoxy) is 1. The lowest BCUT2D eigenvalue weighted by Crippen LogP contribution is -2.18. The summed E-state index contributed by atoms with van der Waals surface area (Å²) in [6.45, 7) is 0. The Kier molecular flexibility index (Phi) is 2.64. The minimum absolute atomic E-state index is 0.0591. The van der Waals surface area contributed by atoms with Gasteiger partial charge in [0.1, 0.15) is 10.8 Å². The number of amides is 1. The van der Waals surface area contributed by atoms with Crippen molar-refractivity contribution in [3.8, 4) is 10.9 Å². The highest BCUT2D eigenvalue weighted by Gasteiger charge is 2.15. The zero-order chi connectivity index (χ0) is 12.5. The minimum Gasteiger partial charge on any atom is -0.431 e. The van der Waals surface area contributed by atoms with E-state index in [0.29, 0.717) is 22.4 Å². The largest absolute Gasteiger partial charge is 0.431 e. The van der Waals surface area contributed by atoms with E-state index in [1.165, 1.54) is 11.3 Å². The van der Waals surface area contributed by atoms with Gasteiger partial charge in [0.05, 0.1) is 6.20 Å². The Bertz CT molecular complexity index is 609. The molecule has 1 amide bonds. The quantitative estimate of drug-likeness (QED) is 0.870. The second-order valence-electron chi connectivity index (χ2n) is 4.00. The normalized spacial score (nSPS) is 13.9. The van der Waals surface area contributed by atoms with Crippen LogP contribution in [-0.4, -0.2) is 10.9 Å². The number of aromatic nitrogens is 1. The van der Waals surface area contributed by atoms with Crippen LogP contribution in [0.2, 0.25) is 0 Å². The molecule has 0 spiro atoms. The molecule has 0 unspecified atom stereocenters. The van der Waals surface area contributed by atoms with Crippen LogP contribution in [0.3, 0.4) is 0 Å². The molecule has 18 heavy (non-hydrogen) atoms. The van der Waals surface area contributed by atoms with Crippen molar-refractivity contribution in [1.82, 2.24) is 4.98 Å². The first kappa shape index (κ1) is 11.0. The molecule has 0 bridgehead atoms. The first-order chi connectivity index (χ1) is 8.70. The van der Waals surface area contributed by atoms with E-state index < -0.39 is 0 Å². The molecule has 1 aromatic heterocycles. The molecule has 6 heteroatoms. The van der Waals surface area contributed by atoms with E-state index in [1.807, 2.05) is 18.2 Å². The van der Waals surface area contributed by atoms with Gasteiger partial charge in [0, 0.05) is 12.1 Å². The molecule has 1 aromatic carbocycles. The molecular weight excluding hydrogens is 250 g/mol. The highest BCUT2D eigenvalue weighted by molar-refractivity contribution is 7.17. The van der Waals surface area contributed by atoms with Crippen LogP contribution in [0, 0.1) is 0 Å². The van der Waals surface area contributed by atoms with Crippen LogP contribution in [0.4, 0.5) is 10.7 Å². The number of anilines is 2. The topological polar surface area (TPSA) is 77.2 Å². The average Bonchev–Trinajstić information content (AvgIpc) is 2.75. The van der Waals surface area contributed by atoms with Gasteiger partial charge in [0.2, 0.25) is 5.91 Å². The molecule has 5 nitrogen and oxygen atoms in total. The number of nitrogens with two attached hydrogens (primary N) is 1. The maximum atomic E-state index is 11.2. The van der Waals surface area contributed by atoms with Crippen molar-refractivity contribution in [2.45, 2.75) is 12.8 Å². The summed E-state index contributed by atoms with van der Waals surface area (Å²) in [4.78, 5) is 15.3. The average molecular weight is 261 g/mol. The molecule has 0 atom stereocenters. The summed E-state index contributed by atoms with van der Waals surface area (Å²) >= 11 is 1.30. The smallest absolute Gasteiger partial charge is 0.280 e. The maximum Gasteiger partial charge on any atom is 0.280 e. The number of fused-ring (bicyclic) bond motifs is 1. The third-order valence-corrected chi connectivity index (χ3v) is 3.38. The van der Waals surface area contributed by atoms with Gasteiger partial charge in [-0.1, -0.05) is 11.3 Å². The van der Waals surface area contributed by atoms with Crippen molar-refractivity contribution in [3.63, 3.8) is 0 Å². The number of benzene rings is 1. The molecule has 0 saturated carbocycles. The van der Waals surface area contributed by atoms with Gasteiger partial charge in [-0.3, -0.25) is 4.79 Å². The van der Waals surface area contributed by atoms with Crippen molar-refractivity contribution in [2.24, 2.45) is 0 Å². The number of carbonyl (C=O) groups is 1. The van der Waals surface area contributed by atoms with Crippen LogP contribution in [0.5, 0.6) is 10.9 Å². The Balaban J connectivity index is 1.84. The lowest BCUT2D eigenvalue weighted by molar-refractivity contribution is -0.116. The number of hydrogen-bond acceptors (Lipinski definition) is 5. The lowest BCUT2D eigenvalue weighted by Gasteiger charge is -2.17. The summed E-state index contributed by atoms with van der Waals surface area (Å²) in [5.74, 6) is 0.767. The molecule has 0 aliphatic carbocycles. The first-order valence-corrected chi connectivity index (χ1v) is 6.34. The number of nitrogen functional groups attached to an aromatic ring is 1. The van der Waals surface area contributed by atoms with Gasteiger partial charge in [-0.05, 0) is 30.2 Å². The van der Waals surface area contributed by atoms with Crippen molar-refractivity contribution in [2.75, 3.05) is 11.1 Å². The summed E-state index contributed by atoms with van der Waals surface area (Å²) in [5, 5.41) is 3.97. The van der Waals surface area contributed by atoms with E-state index in [4.69, 9.17) is 10.5 Å². The van der Waals surface area contributed by atoms with Crippen LogP contribution in [0.1, 0.15) is 12.0 Å². The van der Waals surface area contributed by atoms with Gasteiger partial charge >= 0.3 is 0 Å². The summed E-state index contributed by atoms with van der Waals surface area (Å²) in [6.07, 6.45) is 2.82. The Morgan fingerprint density at radius 3 is 3.06 bits per heavy atom. The molecular formula is C12H11N3O2S. The minimum atomic E-state index is 0.0591. The van der Waals surface area contributed by atoms with Crippen molar-refractivity contribution >= 4 is 27.9 Å². The summed E-state index contributed by atoms with van der Waals surface area (Å²) in [7, 11) is 0. The number of carbonyl (C=O) groups excluding carboxylic acids is 1. The monoisotopic (exact) mass is 261 g/mol. The van der Waals surface area contributed by atoms with E-state index in [9.17, 15) is 4.79 Å². The molecule has 1 aliphatic rings. The number of nitrogens with one attached hydrogen (secondary N) is 1. The van der Waals surface area contributed by atoms with Gasteiger partial charge in [0.15, 0.2) is 0 Å². The van der Waals surface area contributed by atoms with Gasteiger partial charge in [0.25, 0.3) is 5.19 Å². The maximum absolute atomic E-state index is 11.2. The molecule has 92 valence electrons. The second kappa shape index (κ2) is 4.30. The fraction of sp³-hybridized carbons (Fsp3) is 0.167. The van der Waals surface area contributed by atoms with E-state index in [1.54, 1.807) is 6.20 Å². The summed E-state index contributed by atoms with van der Waals surface area (Å²) in [5.41, 5.74) is 7.53. The highest BCUT2D eigenvalue weighted by Crippen LogP contribution is 2.31. The number of thiazole rings is 1. The number of rotatable bonds is 2. The zero-order valence-corrected chi connectivity index (χ0v) is 10.3. The third-order valence-electron chi connectivity index (χ3n) is 2.68. The van der Waals surface area contributed by atoms with Crippen LogP contribution < -0.4 is 15.8 Å². The van der Waals surface area contributed by atoms with Crippen molar-refractivity contribution in [1.29, 1.82) is 0 Å². The predicted molar refractivity (Wildman–Crippen MR) is 70.0 cm³/mol. The summed E-state index contributed by atoms with van der Waals surface area (Å²) in [6, 6.07) is 5.58. The first-order valence-electron chi connectivity index (χ1n) is 5.52. The lowest BCUT2D eigenvalue weighted by atomic mass is 10.0. The molecule has 3 N–H and O–H groups in total. The Hall–Kier alpha value is -2.08. The number of nitrogens with zero attached hydrogens (tertiary/aromatic N) is 1. The Labute approximate surface area is 108 Å². The molecule has 1 aliphatic heterocycles. The van der Waals surface area contributed by atoms with Gasteiger partial charge < -0.3 is 15.8 Å². The van der Waals surface area contributed by atoms with E-state index >= 15 is 0 Å². The van der Waals surface area contributed by atoms with Gasteiger partial charge in [-0.2, -0.15) is 0 Å². The van der Waals surface area contributed by atoms with Crippen molar-refractivity contribution < 1.29 is 9.53 Å². The van der Waals surface area contributed by atoms with E-state index in [-0.39, 0.29) is 5.91 Å². The number of aryl methyl sites for hydroxylation is 1. The summed E-state index contributed by atoms with van der Waals surface area (Å²) < 4.78 is 5.61. The molecule has 3 rings (SSSR count). The predicted octanol–water partition coefficient (Wildman–Crippen LogP) is 2.40. The zero-order valence-electron chi connectivity index (χ0n) is 9.47. The van der Waals surface area contributed by atoms with Crippen LogP contribution in [0.15, 0.2) is 24.4 Å². The SMILES string of the molecule is Nc1cnc(Oc2ccc3c(c2)CCC(=O)N3)s1. The Morgan fingerprint density at radius 1 is 1.39 bits per heavy atom. The van der Waals surface area contributed by atoms with Crippen LogP contribution >= 0.6 is 11.3 Å². The fourth-order valence-corrected chi connectivity index (χ4v) is 2.39. The van der Waals surface area contributed by atoms with Gasteiger partial charge in [-0.25, -0.2) is 4.98 Å². The molecule has 0 radical (unpaired) electrons. The van der Waals surface area contributed by atoms with Crippen molar-refractivity contribution in [3.05, 3.63) is 30.0 Å². The van der Waals surface area contributed by atoms with Gasteiger partial charge in [-0.15, -0.1) is 0 Å². The Morgan fingerprint density at radius 2 is 2.28 bits per heavy atom. The molecule has 2 aromatic rings. The highest BCUT2D eigenvalue weighted by atomic mass is 32.1. The van der Waals surface area contributed by atoms with Crippen LogP contribution in [0.25, 0.3) is 0 Å². The van der Waals surface area contributed by atoms with Crippen LogP contribution in [-0.2, 0) is 11.2 Å². The standard InChI is InChI=1S/C12H11N3O2S/c13-10-6-14-12(18-10)17-8-2-3-9-7(5-8)1-4-11(16)15-9/h2-3,5-6H,1,4,13H2,(H,15,16). The molecule has 2 heterocycles. The molecule has 0 saturated heterocycles. The van der Waals surface area contributed by atoms with E-state index in [2.05, 4.69) is 10.3 Å². The second-order valence-corrected chi connectivity index (χ2v) is 5.02. The molecule has 0 fully saturated rings. The number of hydrogen-bond donors (Lipinski definition) is 2. The fourth-order valence-electron chi connectivity index (χ4n) is 1.84. The third kappa shape index (κ3) is 2.14.